The van der Waals surface area contributed by atoms with Gasteiger partial charge in [0.15, 0.2) is 0 Å². The zero-order chi connectivity index (χ0) is 15.5. The van der Waals surface area contributed by atoms with Crippen molar-refractivity contribution in [1.82, 2.24) is 4.90 Å². The summed E-state index contributed by atoms with van der Waals surface area (Å²) in [5.74, 6) is 2.51. The van der Waals surface area contributed by atoms with E-state index in [2.05, 4.69) is 37.9 Å². The van der Waals surface area contributed by atoms with E-state index in [0.29, 0.717) is 0 Å². The van der Waals surface area contributed by atoms with Gasteiger partial charge in [0, 0.05) is 24.2 Å². The number of rotatable bonds is 5. The van der Waals surface area contributed by atoms with Crippen molar-refractivity contribution in [3.63, 3.8) is 0 Å². The van der Waals surface area contributed by atoms with E-state index in [1.54, 1.807) is 7.11 Å². The molecule has 3 unspecified atom stereocenters. The number of hydrogen-bond acceptors (Lipinski definition) is 3. The Kier molecular flexibility index (Phi) is 5.28. The second kappa shape index (κ2) is 6.80. The predicted octanol–water partition coefficient (Wildman–Crippen LogP) is 3.28. The molecule has 21 heavy (non-hydrogen) atoms. The van der Waals surface area contributed by atoms with Gasteiger partial charge in [-0.1, -0.05) is 32.0 Å². The number of benzene rings is 1. The van der Waals surface area contributed by atoms with E-state index >= 15 is 0 Å². The number of para-hydroxylation sites is 1. The van der Waals surface area contributed by atoms with Crippen LogP contribution in [-0.4, -0.2) is 31.1 Å². The van der Waals surface area contributed by atoms with Gasteiger partial charge in [-0.25, -0.2) is 0 Å². The van der Waals surface area contributed by atoms with E-state index in [1.807, 2.05) is 12.1 Å². The molecule has 1 saturated carbocycles. The summed E-state index contributed by atoms with van der Waals surface area (Å²) in [6, 6.07) is 8.27. The van der Waals surface area contributed by atoms with Crippen LogP contribution < -0.4 is 10.5 Å². The molecule has 0 aromatic heterocycles. The number of methoxy groups -OCH3 is 1. The third-order valence-corrected chi connectivity index (χ3v) is 5.53. The first kappa shape index (κ1) is 16.3. The normalized spacial score (nSPS) is 29.6. The summed E-state index contributed by atoms with van der Waals surface area (Å²) in [6.45, 7) is 6.36. The molecule has 3 nitrogen and oxygen atoms in total. The lowest BCUT2D eigenvalue weighted by molar-refractivity contribution is 0.0345. The fourth-order valence-corrected chi connectivity index (χ4v) is 3.63. The third-order valence-electron chi connectivity index (χ3n) is 5.53. The summed E-state index contributed by atoms with van der Waals surface area (Å²) in [6.07, 6.45) is 3.66. The monoisotopic (exact) mass is 290 g/mol. The number of likely N-dealkylation sites (N-methyl/N-ethyl adjacent to an activating group) is 1. The minimum Gasteiger partial charge on any atom is -0.496 e. The Morgan fingerprint density at radius 2 is 2.00 bits per heavy atom. The van der Waals surface area contributed by atoms with Gasteiger partial charge in [0.25, 0.3) is 0 Å². The summed E-state index contributed by atoms with van der Waals surface area (Å²) >= 11 is 0. The summed E-state index contributed by atoms with van der Waals surface area (Å²) in [7, 11) is 3.95. The van der Waals surface area contributed by atoms with Crippen LogP contribution in [0.3, 0.4) is 0 Å². The molecule has 0 spiro atoms. The molecule has 0 saturated heterocycles. The Hall–Kier alpha value is -1.06. The molecule has 1 aliphatic rings. The summed E-state index contributed by atoms with van der Waals surface area (Å²) < 4.78 is 5.48. The van der Waals surface area contributed by atoms with E-state index < -0.39 is 0 Å². The molecule has 2 N–H and O–H groups in total. The molecular weight excluding hydrogens is 260 g/mol. The van der Waals surface area contributed by atoms with E-state index in [-0.39, 0.29) is 5.54 Å². The maximum Gasteiger partial charge on any atom is 0.123 e. The van der Waals surface area contributed by atoms with Crippen LogP contribution in [0, 0.1) is 11.8 Å². The summed E-state index contributed by atoms with van der Waals surface area (Å²) in [4.78, 5) is 2.45. The molecule has 0 radical (unpaired) electrons. The van der Waals surface area contributed by atoms with E-state index in [0.717, 1.165) is 30.7 Å². The smallest absolute Gasteiger partial charge is 0.123 e. The van der Waals surface area contributed by atoms with Gasteiger partial charge >= 0.3 is 0 Å². The largest absolute Gasteiger partial charge is 0.496 e. The van der Waals surface area contributed by atoms with Gasteiger partial charge in [-0.3, -0.25) is 4.90 Å². The average molecular weight is 290 g/mol. The second-order valence-electron chi connectivity index (χ2n) is 6.79. The molecule has 0 heterocycles. The van der Waals surface area contributed by atoms with Crippen molar-refractivity contribution in [2.45, 2.75) is 45.2 Å². The highest BCUT2D eigenvalue weighted by Crippen LogP contribution is 2.39. The van der Waals surface area contributed by atoms with E-state index in [1.165, 1.54) is 24.8 Å². The van der Waals surface area contributed by atoms with Gasteiger partial charge in [0.2, 0.25) is 0 Å². The van der Waals surface area contributed by atoms with Crippen molar-refractivity contribution in [3.8, 4) is 5.75 Å². The lowest BCUT2D eigenvalue weighted by atomic mass is 9.70. The molecule has 1 aliphatic carbocycles. The maximum absolute atomic E-state index is 6.20. The Morgan fingerprint density at radius 1 is 1.29 bits per heavy atom. The van der Waals surface area contributed by atoms with E-state index in [4.69, 9.17) is 10.5 Å². The topological polar surface area (TPSA) is 38.5 Å². The van der Waals surface area contributed by atoms with Crippen LogP contribution in [0.25, 0.3) is 0 Å². The van der Waals surface area contributed by atoms with Gasteiger partial charge in [-0.05, 0) is 44.2 Å². The third kappa shape index (κ3) is 3.41. The first-order chi connectivity index (χ1) is 10.0. The lowest BCUT2D eigenvalue weighted by Crippen LogP contribution is -2.55. The molecule has 2 rings (SSSR count). The van der Waals surface area contributed by atoms with Crippen LogP contribution in [0.5, 0.6) is 5.75 Å². The van der Waals surface area contributed by atoms with Crippen molar-refractivity contribution in [2.75, 3.05) is 20.7 Å². The highest BCUT2D eigenvalue weighted by molar-refractivity contribution is 5.33. The summed E-state index contributed by atoms with van der Waals surface area (Å²) in [5, 5.41) is 0. The van der Waals surface area contributed by atoms with Crippen LogP contribution in [0.4, 0.5) is 0 Å². The molecule has 1 aromatic carbocycles. The fourth-order valence-electron chi connectivity index (χ4n) is 3.63. The zero-order valence-corrected chi connectivity index (χ0v) is 13.9. The Morgan fingerprint density at radius 3 is 2.62 bits per heavy atom. The van der Waals surface area contributed by atoms with Crippen LogP contribution >= 0.6 is 0 Å². The minimum absolute atomic E-state index is 0.132. The van der Waals surface area contributed by atoms with Crippen LogP contribution in [-0.2, 0) is 6.54 Å². The summed E-state index contributed by atoms with van der Waals surface area (Å²) in [5.41, 5.74) is 7.57. The van der Waals surface area contributed by atoms with Crippen LogP contribution in [0.15, 0.2) is 24.3 Å². The van der Waals surface area contributed by atoms with Crippen molar-refractivity contribution in [2.24, 2.45) is 17.6 Å². The molecular formula is C18H30N2O. The average Bonchev–Trinajstić information content (AvgIpc) is 2.50. The Labute approximate surface area is 129 Å². The fraction of sp³-hybridized carbons (Fsp3) is 0.667. The maximum atomic E-state index is 6.20. The van der Waals surface area contributed by atoms with Gasteiger partial charge in [0.05, 0.1) is 7.11 Å². The first-order valence-electron chi connectivity index (χ1n) is 8.05. The zero-order valence-electron chi connectivity index (χ0n) is 13.9. The molecule has 0 bridgehead atoms. The van der Waals surface area contributed by atoms with Crippen LogP contribution in [0.1, 0.15) is 38.7 Å². The Bertz CT molecular complexity index is 462. The number of nitrogens with zero attached hydrogens (tertiary/aromatic N) is 1. The van der Waals surface area contributed by atoms with Crippen molar-refractivity contribution < 1.29 is 4.74 Å². The SMILES string of the molecule is COc1ccccc1CN(C)C1(CN)CCC(C)C(C)C1. The number of nitrogens with two attached hydrogens (primary N) is 1. The first-order valence-corrected chi connectivity index (χ1v) is 8.05. The molecule has 1 aromatic rings. The highest BCUT2D eigenvalue weighted by atomic mass is 16.5. The predicted molar refractivity (Wildman–Crippen MR) is 88.4 cm³/mol. The van der Waals surface area contributed by atoms with Crippen molar-refractivity contribution in [1.29, 1.82) is 0 Å². The molecule has 3 heteroatoms. The molecule has 0 amide bonds. The number of ether oxygens (including phenoxy) is 1. The van der Waals surface area contributed by atoms with Gasteiger partial charge in [-0.2, -0.15) is 0 Å². The molecule has 1 fully saturated rings. The number of hydrogen-bond donors (Lipinski definition) is 1. The highest BCUT2D eigenvalue weighted by Gasteiger charge is 2.39. The van der Waals surface area contributed by atoms with Crippen molar-refractivity contribution in [3.05, 3.63) is 29.8 Å². The van der Waals surface area contributed by atoms with E-state index in [9.17, 15) is 0 Å². The minimum atomic E-state index is 0.132. The molecule has 118 valence electrons. The molecule has 3 atom stereocenters. The standard InChI is InChI=1S/C18H30N2O/c1-14-9-10-18(13-19,11-15(14)2)20(3)12-16-7-5-6-8-17(16)21-4/h5-8,14-15H,9-13,19H2,1-4H3. The van der Waals surface area contributed by atoms with Gasteiger partial charge in [-0.15, -0.1) is 0 Å². The quantitative estimate of drug-likeness (QED) is 0.904. The molecule has 0 aliphatic heterocycles. The lowest BCUT2D eigenvalue weighted by Gasteiger charge is -2.48. The van der Waals surface area contributed by atoms with Gasteiger partial charge < -0.3 is 10.5 Å². The second-order valence-corrected chi connectivity index (χ2v) is 6.79. The van der Waals surface area contributed by atoms with Gasteiger partial charge in [0.1, 0.15) is 5.75 Å². The Balaban J connectivity index is 2.15. The van der Waals surface area contributed by atoms with Crippen LogP contribution in [0.2, 0.25) is 0 Å². The van der Waals surface area contributed by atoms with Crippen molar-refractivity contribution >= 4 is 0 Å².